The number of hydroxylamine groups is 2. The summed E-state index contributed by atoms with van der Waals surface area (Å²) in [6.45, 7) is 0.0833. The molecule has 38 valence electrons. The van der Waals surface area contributed by atoms with Crippen molar-refractivity contribution in [1.82, 2.24) is 0 Å². The highest BCUT2D eigenvalue weighted by Gasteiger charge is 2.07. The van der Waals surface area contributed by atoms with E-state index in [0.717, 1.165) is 0 Å². The number of carbonyl (C=O) groups excluding carboxylic acids is 1. The molecule has 0 aromatic rings. The van der Waals surface area contributed by atoms with Gasteiger partial charge in [0, 0.05) is 6.08 Å². The van der Waals surface area contributed by atoms with E-state index in [1.807, 2.05) is 0 Å². The van der Waals surface area contributed by atoms with Gasteiger partial charge >= 0.3 is 0 Å². The van der Waals surface area contributed by atoms with Crippen LogP contribution < -0.4 is 5.06 Å². The Bertz CT molecular complexity index is 119. The predicted octanol–water partition coefficient (Wildman–Crippen LogP) is -1.53. The van der Waals surface area contributed by atoms with E-state index in [0.29, 0.717) is 0 Å². The maximum absolute atomic E-state index is 10.1. The van der Waals surface area contributed by atoms with Crippen LogP contribution in [0.25, 0.3) is 0 Å². The van der Waals surface area contributed by atoms with Crippen LogP contribution in [-0.2, 0) is 4.79 Å². The summed E-state index contributed by atoms with van der Waals surface area (Å²) in [7, 11) is 0. The molecule has 1 rings (SSSR count). The van der Waals surface area contributed by atoms with Crippen LogP contribution in [0.5, 0.6) is 0 Å². The van der Waals surface area contributed by atoms with E-state index in [4.69, 9.17) is 0 Å². The van der Waals surface area contributed by atoms with Gasteiger partial charge in [0.25, 0.3) is 0 Å². The maximum atomic E-state index is 10.1. The zero-order valence-electron chi connectivity index (χ0n) is 3.68. The van der Waals surface area contributed by atoms with Crippen molar-refractivity contribution in [2.45, 2.75) is 0 Å². The predicted molar refractivity (Wildman–Crippen MR) is 23.3 cm³/mol. The summed E-state index contributed by atoms with van der Waals surface area (Å²) >= 11 is 0. The van der Waals surface area contributed by atoms with E-state index in [-0.39, 0.29) is 17.4 Å². The molecule has 0 spiro atoms. The van der Waals surface area contributed by atoms with Gasteiger partial charge in [0.15, 0.2) is 0 Å². The SMILES string of the molecule is O=C1C=C[NH+]([O-])C1. The van der Waals surface area contributed by atoms with Crippen LogP contribution in [0, 0.1) is 5.21 Å². The molecular weight excluding hydrogens is 94.0 g/mol. The van der Waals surface area contributed by atoms with Gasteiger partial charge in [-0.15, -0.1) is 0 Å². The molecule has 0 bridgehead atoms. The smallest absolute Gasteiger partial charge is 0.215 e. The topological polar surface area (TPSA) is 44.6 Å². The van der Waals surface area contributed by atoms with Gasteiger partial charge in [0.05, 0.1) is 6.20 Å². The molecule has 1 unspecified atom stereocenters. The molecule has 0 aromatic heterocycles. The van der Waals surface area contributed by atoms with Gasteiger partial charge < -0.3 is 10.3 Å². The van der Waals surface area contributed by atoms with Crippen molar-refractivity contribution in [3.63, 3.8) is 0 Å². The molecule has 0 aliphatic carbocycles. The molecule has 0 fully saturated rings. The van der Waals surface area contributed by atoms with Crippen LogP contribution >= 0.6 is 0 Å². The Morgan fingerprint density at radius 2 is 2.57 bits per heavy atom. The fourth-order valence-corrected chi connectivity index (χ4v) is 0.475. The second-order valence-electron chi connectivity index (χ2n) is 1.44. The molecule has 0 amide bonds. The first-order valence-corrected chi connectivity index (χ1v) is 2.03. The molecular formula is C4H5NO2. The highest BCUT2D eigenvalue weighted by molar-refractivity contribution is 5.91. The number of carbonyl (C=O) groups is 1. The van der Waals surface area contributed by atoms with Gasteiger partial charge in [-0.05, 0) is 0 Å². The Balaban J connectivity index is 2.58. The van der Waals surface area contributed by atoms with Crippen molar-refractivity contribution in [2.24, 2.45) is 0 Å². The molecule has 0 saturated carbocycles. The van der Waals surface area contributed by atoms with Crippen LogP contribution in [0.3, 0.4) is 0 Å². The van der Waals surface area contributed by atoms with E-state index in [2.05, 4.69) is 0 Å². The Morgan fingerprint density at radius 1 is 1.86 bits per heavy atom. The lowest BCUT2D eigenvalue weighted by atomic mass is 10.4. The molecule has 0 radical (unpaired) electrons. The fraction of sp³-hybridized carbons (Fsp3) is 0.250. The third-order valence-corrected chi connectivity index (χ3v) is 0.804. The third kappa shape index (κ3) is 0.852. The highest BCUT2D eigenvalue weighted by atomic mass is 16.5. The standard InChI is InChI=1S/C4H5NO2/c6-4-1-2-5(7)3-4/h1-2,5H,3H2. The van der Waals surface area contributed by atoms with Crippen molar-refractivity contribution in [3.05, 3.63) is 17.5 Å². The van der Waals surface area contributed by atoms with Gasteiger partial charge in [-0.2, -0.15) is 0 Å². The van der Waals surface area contributed by atoms with Crippen LogP contribution in [0.4, 0.5) is 0 Å². The van der Waals surface area contributed by atoms with E-state index >= 15 is 0 Å². The number of ketones is 1. The first-order chi connectivity index (χ1) is 3.29. The number of hydrogen-bond acceptors (Lipinski definition) is 2. The summed E-state index contributed by atoms with van der Waals surface area (Å²) in [4.78, 5) is 10.1. The maximum Gasteiger partial charge on any atom is 0.215 e. The largest absolute Gasteiger partial charge is 0.629 e. The number of rotatable bonds is 0. The molecule has 3 heteroatoms. The number of hydrogen-bond donors (Lipinski definition) is 1. The zero-order chi connectivity index (χ0) is 5.28. The minimum absolute atomic E-state index is 0.0787. The van der Waals surface area contributed by atoms with Gasteiger partial charge in [-0.3, -0.25) is 4.79 Å². The van der Waals surface area contributed by atoms with Gasteiger partial charge in [0.2, 0.25) is 5.78 Å². The normalized spacial score (nSPS) is 29.3. The molecule has 0 saturated heterocycles. The summed E-state index contributed by atoms with van der Waals surface area (Å²) < 4.78 is 0. The Labute approximate surface area is 40.8 Å². The zero-order valence-corrected chi connectivity index (χ0v) is 3.68. The quantitative estimate of drug-likeness (QED) is 0.374. The molecule has 3 nitrogen and oxygen atoms in total. The summed E-state index contributed by atoms with van der Waals surface area (Å²) in [6, 6.07) is 0. The van der Waals surface area contributed by atoms with Gasteiger partial charge in [-0.1, -0.05) is 0 Å². The van der Waals surface area contributed by atoms with Gasteiger partial charge in [-0.25, -0.2) is 0 Å². The lowest BCUT2D eigenvalue weighted by Crippen LogP contribution is -3.01. The number of nitrogens with one attached hydrogen (secondary N) is 1. The fourth-order valence-electron chi connectivity index (χ4n) is 0.475. The second-order valence-corrected chi connectivity index (χ2v) is 1.44. The molecule has 1 aliphatic heterocycles. The molecule has 1 atom stereocenters. The van der Waals surface area contributed by atoms with Crippen molar-refractivity contribution >= 4 is 5.78 Å². The van der Waals surface area contributed by atoms with E-state index < -0.39 is 0 Å². The number of quaternary nitrogens is 1. The molecule has 0 aromatic carbocycles. The Morgan fingerprint density at radius 3 is 2.71 bits per heavy atom. The minimum atomic E-state index is -0.0787. The van der Waals surface area contributed by atoms with E-state index in [1.54, 1.807) is 0 Å². The Hall–Kier alpha value is -0.670. The average Bonchev–Trinajstić information content (AvgIpc) is 1.87. The first-order valence-electron chi connectivity index (χ1n) is 2.03. The van der Waals surface area contributed by atoms with E-state index in [1.165, 1.54) is 12.3 Å². The first kappa shape index (κ1) is 4.49. The van der Waals surface area contributed by atoms with Crippen LogP contribution in [0.15, 0.2) is 12.3 Å². The second kappa shape index (κ2) is 1.44. The van der Waals surface area contributed by atoms with Gasteiger partial charge in [0.1, 0.15) is 6.54 Å². The molecule has 1 N–H and O–H groups in total. The molecule has 1 aliphatic rings. The highest BCUT2D eigenvalue weighted by Crippen LogP contribution is 1.73. The average molecular weight is 99.1 g/mol. The molecule has 1 heterocycles. The summed E-state index contributed by atoms with van der Waals surface area (Å²) in [5.41, 5.74) is 0. The summed E-state index contributed by atoms with van der Waals surface area (Å²) in [5, 5.41) is 10.1. The van der Waals surface area contributed by atoms with Crippen molar-refractivity contribution in [1.29, 1.82) is 0 Å². The summed E-state index contributed by atoms with van der Waals surface area (Å²) in [6.07, 6.45) is 2.62. The Kier molecular flexibility index (Phi) is 0.923. The molecule has 7 heavy (non-hydrogen) atoms. The monoisotopic (exact) mass is 99.0 g/mol. The minimum Gasteiger partial charge on any atom is -0.629 e. The lowest BCUT2D eigenvalue weighted by molar-refractivity contribution is -0.777. The van der Waals surface area contributed by atoms with Crippen molar-refractivity contribution < 1.29 is 9.86 Å². The lowest BCUT2D eigenvalue weighted by Gasteiger charge is -2.07. The third-order valence-electron chi connectivity index (χ3n) is 0.804. The van der Waals surface area contributed by atoms with Crippen molar-refractivity contribution in [2.75, 3.05) is 6.54 Å². The van der Waals surface area contributed by atoms with Crippen molar-refractivity contribution in [3.8, 4) is 0 Å². The summed E-state index contributed by atoms with van der Waals surface area (Å²) in [5.74, 6) is -0.0787. The van der Waals surface area contributed by atoms with E-state index in [9.17, 15) is 10.0 Å². The van der Waals surface area contributed by atoms with Crippen LogP contribution in [-0.4, -0.2) is 12.3 Å². The van der Waals surface area contributed by atoms with Crippen LogP contribution in [0.2, 0.25) is 0 Å². The van der Waals surface area contributed by atoms with Crippen LogP contribution in [0.1, 0.15) is 0 Å².